The van der Waals surface area contributed by atoms with E-state index in [-0.39, 0.29) is 5.91 Å². The third-order valence-corrected chi connectivity index (χ3v) is 4.80. The van der Waals surface area contributed by atoms with E-state index >= 15 is 0 Å². The number of pyridine rings is 1. The van der Waals surface area contributed by atoms with Crippen molar-refractivity contribution in [2.45, 2.75) is 19.4 Å². The first kappa shape index (κ1) is 18.0. The Morgan fingerprint density at radius 1 is 0.964 bits per heavy atom. The van der Waals surface area contributed by atoms with E-state index in [4.69, 9.17) is 4.42 Å². The molecule has 2 aromatic carbocycles. The molecule has 0 atom stereocenters. The van der Waals surface area contributed by atoms with E-state index < -0.39 is 0 Å². The lowest BCUT2D eigenvalue weighted by atomic mass is 10.1. The Morgan fingerprint density at radius 3 is 2.68 bits per heavy atom. The first-order valence-corrected chi connectivity index (χ1v) is 9.50. The zero-order valence-corrected chi connectivity index (χ0v) is 15.6. The van der Waals surface area contributed by atoms with Crippen LogP contribution < -0.4 is 0 Å². The predicted octanol–water partition coefficient (Wildman–Crippen LogP) is 5.10. The van der Waals surface area contributed by atoms with Gasteiger partial charge in [-0.25, -0.2) is 0 Å². The number of hydrogen-bond acceptors (Lipinski definition) is 3. The SMILES string of the molecule is O=C(c1ccc2ncccc2c1)N(CCCc1ccccc1)Cc1ccco1. The van der Waals surface area contributed by atoms with Crippen molar-refractivity contribution in [1.29, 1.82) is 0 Å². The van der Waals surface area contributed by atoms with Crippen LogP contribution in [0.3, 0.4) is 0 Å². The number of benzene rings is 2. The van der Waals surface area contributed by atoms with Crippen LogP contribution in [-0.4, -0.2) is 22.3 Å². The quantitative estimate of drug-likeness (QED) is 0.454. The van der Waals surface area contributed by atoms with Gasteiger partial charge in [0.2, 0.25) is 0 Å². The molecule has 0 aliphatic heterocycles. The highest BCUT2D eigenvalue weighted by Gasteiger charge is 2.17. The van der Waals surface area contributed by atoms with E-state index in [1.807, 2.05) is 65.6 Å². The summed E-state index contributed by atoms with van der Waals surface area (Å²) in [6.45, 7) is 1.13. The molecule has 0 N–H and O–H groups in total. The Labute approximate surface area is 164 Å². The molecule has 2 aromatic heterocycles. The number of aromatic nitrogens is 1. The maximum atomic E-state index is 13.2. The van der Waals surface area contributed by atoms with Crippen molar-refractivity contribution in [3.63, 3.8) is 0 Å². The van der Waals surface area contributed by atoms with Crippen molar-refractivity contribution in [2.24, 2.45) is 0 Å². The van der Waals surface area contributed by atoms with Crippen molar-refractivity contribution in [1.82, 2.24) is 9.88 Å². The molecule has 1 amide bonds. The highest BCUT2D eigenvalue weighted by atomic mass is 16.3. The van der Waals surface area contributed by atoms with Gasteiger partial charge in [-0.05, 0) is 54.8 Å². The Balaban J connectivity index is 1.51. The average molecular weight is 370 g/mol. The molecule has 0 bridgehead atoms. The summed E-state index contributed by atoms with van der Waals surface area (Å²) in [6, 6.07) is 23.6. The van der Waals surface area contributed by atoms with E-state index in [9.17, 15) is 4.79 Å². The summed E-state index contributed by atoms with van der Waals surface area (Å²) in [5.74, 6) is 0.797. The second-order valence-corrected chi connectivity index (χ2v) is 6.81. The second-order valence-electron chi connectivity index (χ2n) is 6.81. The molecule has 28 heavy (non-hydrogen) atoms. The molecule has 140 valence electrons. The van der Waals surface area contributed by atoms with Crippen LogP contribution in [0, 0.1) is 0 Å². The van der Waals surface area contributed by atoms with Gasteiger partial charge in [0.25, 0.3) is 5.91 Å². The average Bonchev–Trinajstić information content (AvgIpc) is 3.26. The number of fused-ring (bicyclic) bond motifs is 1. The van der Waals surface area contributed by atoms with Crippen molar-refractivity contribution >= 4 is 16.8 Å². The van der Waals surface area contributed by atoms with Gasteiger partial charge in [0.1, 0.15) is 5.76 Å². The van der Waals surface area contributed by atoms with Crippen molar-refractivity contribution in [3.8, 4) is 0 Å². The minimum Gasteiger partial charge on any atom is -0.467 e. The second kappa shape index (κ2) is 8.53. The summed E-state index contributed by atoms with van der Waals surface area (Å²) in [5, 5.41) is 0.968. The first-order chi connectivity index (χ1) is 13.8. The topological polar surface area (TPSA) is 46.3 Å². The summed E-state index contributed by atoms with van der Waals surface area (Å²) in [4.78, 5) is 19.4. The largest absolute Gasteiger partial charge is 0.467 e. The highest BCUT2D eigenvalue weighted by Crippen LogP contribution is 2.17. The number of carbonyl (C=O) groups excluding carboxylic acids is 1. The predicted molar refractivity (Wildman–Crippen MR) is 110 cm³/mol. The molecule has 4 aromatic rings. The molecule has 2 heterocycles. The molecule has 0 saturated carbocycles. The van der Waals surface area contributed by atoms with Crippen molar-refractivity contribution < 1.29 is 9.21 Å². The number of aryl methyl sites for hydroxylation is 1. The molecule has 4 rings (SSSR count). The highest BCUT2D eigenvalue weighted by molar-refractivity contribution is 5.97. The van der Waals surface area contributed by atoms with Gasteiger partial charge >= 0.3 is 0 Å². The fourth-order valence-electron chi connectivity index (χ4n) is 3.35. The minimum absolute atomic E-state index is 0.00946. The first-order valence-electron chi connectivity index (χ1n) is 9.50. The van der Waals surface area contributed by atoms with Crippen LogP contribution in [0.15, 0.2) is 89.7 Å². The van der Waals surface area contributed by atoms with Gasteiger partial charge in [0.15, 0.2) is 0 Å². The van der Waals surface area contributed by atoms with Gasteiger partial charge in [-0.3, -0.25) is 9.78 Å². The number of rotatable bonds is 7. The number of furan rings is 1. The zero-order valence-electron chi connectivity index (χ0n) is 15.6. The van der Waals surface area contributed by atoms with Gasteiger partial charge in [0, 0.05) is 23.7 Å². The Bertz CT molecular complexity index is 1040. The van der Waals surface area contributed by atoms with Gasteiger partial charge in [-0.2, -0.15) is 0 Å². The third kappa shape index (κ3) is 4.29. The fraction of sp³-hybridized carbons (Fsp3) is 0.167. The Hall–Kier alpha value is -3.40. The van der Waals surface area contributed by atoms with Crippen LogP contribution in [0.5, 0.6) is 0 Å². The number of nitrogens with zero attached hydrogens (tertiary/aromatic N) is 2. The van der Waals surface area contributed by atoms with Crippen LogP contribution in [0.1, 0.15) is 28.1 Å². The molecule has 0 radical (unpaired) electrons. The maximum Gasteiger partial charge on any atom is 0.254 e. The molecule has 0 spiro atoms. The van der Waals surface area contributed by atoms with Crippen LogP contribution in [0.4, 0.5) is 0 Å². The third-order valence-electron chi connectivity index (χ3n) is 4.80. The Morgan fingerprint density at radius 2 is 1.86 bits per heavy atom. The molecule has 0 fully saturated rings. The summed E-state index contributed by atoms with van der Waals surface area (Å²) in [5.41, 5.74) is 2.84. The molecule has 0 aliphatic rings. The van der Waals surface area contributed by atoms with Crippen molar-refractivity contribution in [3.05, 3.63) is 102 Å². The normalized spacial score (nSPS) is 10.9. The molecule has 4 heteroatoms. The van der Waals surface area contributed by atoms with Crippen LogP contribution in [0.25, 0.3) is 10.9 Å². The number of hydrogen-bond donors (Lipinski definition) is 0. The van der Waals surface area contributed by atoms with Gasteiger partial charge in [-0.15, -0.1) is 0 Å². The molecule has 0 aliphatic carbocycles. The van der Waals surface area contributed by atoms with Crippen LogP contribution in [0.2, 0.25) is 0 Å². The molecular weight excluding hydrogens is 348 g/mol. The standard InChI is InChI=1S/C24H22N2O2/c27-24(21-12-13-23-20(17-21)10-4-14-25-23)26(18-22-11-6-16-28-22)15-5-9-19-7-2-1-3-8-19/h1-4,6-8,10-14,16-17H,5,9,15,18H2. The molecule has 0 unspecified atom stereocenters. The fourth-order valence-corrected chi connectivity index (χ4v) is 3.35. The smallest absolute Gasteiger partial charge is 0.254 e. The molecule has 4 nitrogen and oxygen atoms in total. The van der Waals surface area contributed by atoms with Crippen LogP contribution in [-0.2, 0) is 13.0 Å². The van der Waals surface area contributed by atoms with E-state index in [1.165, 1.54) is 5.56 Å². The lowest BCUT2D eigenvalue weighted by Gasteiger charge is -2.22. The maximum absolute atomic E-state index is 13.2. The molecular formula is C24H22N2O2. The van der Waals surface area contributed by atoms with Gasteiger partial charge in [-0.1, -0.05) is 36.4 Å². The van der Waals surface area contributed by atoms with E-state index in [1.54, 1.807) is 12.5 Å². The lowest BCUT2D eigenvalue weighted by Crippen LogP contribution is -2.31. The monoisotopic (exact) mass is 370 g/mol. The molecule has 0 saturated heterocycles. The summed E-state index contributed by atoms with van der Waals surface area (Å²) in [6.07, 6.45) is 5.23. The van der Waals surface area contributed by atoms with Gasteiger partial charge < -0.3 is 9.32 Å². The zero-order chi connectivity index (χ0) is 19.2. The summed E-state index contributed by atoms with van der Waals surface area (Å²) >= 11 is 0. The van der Waals surface area contributed by atoms with Gasteiger partial charge in [0.05, 0.1) is 18.3 Å². The summed E-state index contributed by atoms with van der Waals surface area (Å²) < 4.78 is 5.48. The number of carbonyl (C=O) groups is 1. The van der Waals surface area contributed by atoms with E-state index in [0.717, 1.165) is 29.5 Å². The van der Waals surface area contributed by atoms with E-state index in [0.29, 0.717) is 18.7 Å². The Kier molecular flexibility index (Phi) is 5.48. The lowest BCUT2D eigenvalue weighted by molar-refractivity contribution is 0.0729. The van der Waals surface area contributed by atoms with Crippen molar-refractivity contribution in [2.75, 3.05) is 6.54 Å². The number of amides is 1. The van der Waals surface area contributed by atoms with E-state index in [2.05, 4.69) is 17.1 Å². The minimum atomic E-state index is 0.00946. The summed E-state index contributed by atoms with van der Waals surface area (Å²) in [7, 11) is 0. The van der Waals surface area contributed by atoms with Crippen LogP contribution >= 0.6 is 0 Å².